The van der Waals surface area contributed by atoms with Gasteiger partial charge in [0.25, 0.3) is 5.95 Å². The van der Waals surface area contributed by atoms with Crippen LogP contribution in [-0.4, -0.2) is 111 Å². The maximum Gasteiger partial charge on any atom is 0.490 e. The quantitative estimate of drug-likeness (QED) is 0.261. The maximum absolute atomic E-state index is 14.6. The van der Waals surface area contributed by atoms with E-state index in [1.165, 1.54) is 4.52 Å². The van der Waals surface area contributed by atoms with Crippen LogP contribution in [0.3, 0.4) is 0 Å². The minimum atomic E-state index is -5.08. The summed E-state index contributed by atoms with van der Waals surface area (Å²) in [6.45, 7) is 4.99. The predicted octanol–water partition coefficient (Wildman–Crippen LogP) is 2.67. The third-order valence-corrected chi connectivity index (χ3v) is 8.41. The first kappa shape index (κ1) is 33.8. The van der Waals surface area contributed by atoms with Crippen molar-refractivity contribution in [1.29, 1.82) is 5.26 Å². The van der Waals surface area contributed by atoms with Gasteiger partial charge in [0, 0.05) is 62.6 Å². The number of nitrogens with one attached hydrogen (secondary N) is 1. The Balaban J connectivity index is 0.000000540. The van der Waals surface area contributed by atoms with Crippen LogP contribution >= 0.6 is 0 Å². The maximum atomic E-state index is 14.6. The van der Waals surface area contributed by atoms with E-state index in [1.54, 1.807) is 31.8 Å². The Bertz CT molecular complexity index is 1810. The molecule has 4 aromatic rings. The van der Waals surface area contributed by atoms with Crippen molar-refractivity contribution >= 4 is 17.3 Å². The molecule has 4 aromatic heterocycles. The second-order valence-electron chi connectivity index (χ2n) is 11.6. The molecule has 2 unspecified atom stereocenters. The summed E-state index contributed by atoms with van der Waals surface area (Å²) >= 11 is 0. The van der Waals surface area contributed by atoms with Crippen LogP contribution in [0.4, 0.5) is 23.4 Å². The summed E-state index contributed by atoms with van der Waals surface area (Å²) in [5.74, 6) is -1.74. The van der Waals surface area contributed by atoms with Crippen molar-refractivity contribution in [3.8, 4) is 29.0 Å². The number of hydrogen-bond acceptors (Lipinski definition) is 12. The van der Waals surface area contributed by atoms with Gasteiger partial charge in [0.05, 0.1) is 43.5 Å². The molecule has 0 amide bonds. The van der Waals surface area contributed by atoms with Gasteiger partial charge < -0.3 is 29.5 Å². The highest BCUT2D eigenvalue weighted by Crippen LogP contribution is 2.36. The minimum absolute atomic E-state index is 0.0967. The molecule has 0 saturated carbocycles. The van der Waals surface area contributed by atoms with Gasteiger partial charge in [-0.25, -0.2) is 19.3 Å². The van der Waals surface area contributed by atoms with Gasteiger partial charge in [-0.1, -0.05) is 6.07 Å². The highest BCUT2D eigenvalue weighted by atomic mass is 19.4. The number of carboxylic acids is 1. The van der Waals surface area contributed by atoms with Gasteiger partial charge in [0.1, 0.15) is 35.9 Å². The molecular formula is C31H31F4N9O5. The van der Waals surface area contributed by atoms with Crippen molar-refractivity contribution in [1.82, 2.24) is 34.8 Å². The Morgan fingerprint density at radius 3 is 2.55 bits per heavy atom. The van der Waals surface area contributed by atoms with Crippen LogP contribution in [0.5, 0.6) is 11.6 Å². The third-order valence-electron chi connectivity index (χ3n) is 8.41. The topological polar surface area (TPSA) is 163 Å². The monoisotopic (exact) mass is 685 g/mol. The van der Waals surface area contributed by atoms with Gasteiger partial charge in [-0.3, -0.25) is 9.88 Å². The molecule has 3 atom stereocenters. The predicted molar refractivity (Wildman–Crippen MR) is 163 cm³/mol. The molecule has 258 valence electrons. The van der Waals surface area contributed by atoms with Crippen molar-refractivity contribution in [3.63, 3.8) is 0 Å². The number of carboxylic acid groups (broad SMARTS) is 1. The Morgan fingerprint density at radius 1 is 1.18 bits per heavy atom. The van der Waals surface area contributed by atoms with E-state index in [0.717, 1.165) is 44.0 Å². The zero-order chi connectivity index (χ0) is 34.7. The number of ether oxygens (including phenoxy) is 3. The van der Waals surface area contributed by atoms with Gasteiger partial charge in [-0.15, -0.1) is 5.10 Å². The standard InChI is InChI=1S/C29H30FN9O3.C2HF3O2/c1-40-27-3-2-18(9-35-27)13-38-19-6-20(38)15-37(14-19)26-12-33-25(11-34-26)23-7-21(42-17-22-10-32-4-5-41-22)16-39-28(23)24(8-31)29(30)36-39;3-2(4,5)1(6)7/h2-3,7,9,11-12,16,19-20,22,32H,4-6,10,13-15,17H2,1H3;(H,6,7)/t19?,20?,22-;/m0./s1. The largest absolute Gasteiger partial charge is 0.490 e. The fraction of sp³-hybridized carbons (Fsp3) is 0.419. The number of anilines is 1. The number of pyridine rings is 2. The molecule has 0 aliphatic carbocycles. The first-order valence-electron chi connectivity index (χ1n) is 15.2. The van der Waals surface area contributed by atoms with Crippen LogP contribution in [0.25, 0.3) is 16.8 Å². The Labute approximate surface area is 276 Å². The summed E-state index contributed by atoms with van der Waals surface area (Å²) in [7, 11) is 1.62. The highest BCUT2D eigenvalue weighted by molar-refractivity contribution is 5.83. The van der Waals surface area contributed by atoms with Crippen LogP contribution in [0.15, 0.2) is 43.0 Å². The molecule has 0 spiro atoms. The summed E-state index contributed by atoms with van der Waals surface area (Å²) in [4.78, 5) is 27.4. The van der Waals surface area contributed by atoms with Crippen LogP contribution < -0.4 is 19.7 Å². The van der Waals surface area contributed by atoms with Gasteiger partial charge in [-0.2, -0.15) is 22.8 Å². The van der Waals surface area contributed by atoms with E-state index in [2.05, 4.69) is 31.3 Å². The van der Waals surface area contributed by atoms with E-state index in [1.807, 2.05) is 18.3 Å². The van der Waals surface area contributed by atoms with E-state index < -0.39 is 18.1 Å². The Kier molecular flexibility index (Phi) is 9.76. The summed E-state index contributed by atoms with van der Waals surface area (Å²) in [6.07, 6.45) is 2.81. The molecule has 0 radical (unpaired) electrons. The third kappa shape index (κ3) is 7.48. The van der Waals surface area contributed by atoms with Crippen LogP contribution in [0, 0.1) is 17.3 Å². The normalized spacial score (nSPS) is 20.5. The van der Waals surface area contributed by atoms with Gasteiger partial charge >= 0.3 is 12.1 Å². The fourth-order valence-corrected chi connectivity index (χ4v) is 6.01. The molecule has 8 heterocycles. The summed E-state index contributed by atoms with van der Waals surface area (Å²) in [6, 6.07) is 8.49. The lowest BCUT2D eigenvalue weighted by Gasteiger charge is -2.56. The number of carbonyl (C=O) groups is 1. The number of rotatable bonds is 8. The summed E-state index contributed by atoms with van der Waals surface area (Å²) in [5, 5.41) is 24.0. The van der Waals surface area contributed by atoms with Crippen LogP contribution in [-0.2, 0) is 16.1 Å². The summed E-state index contributed by atoms with van der Waals surface area (Å²) < 4.78 is 64.5. The smallest absolute Gasteiger partial charge is 0.489 e. The zero-order valence-corrected chi connectivity index (χ0v) is 26.1. The first-order chi connectivity index (χ1) is 23.5. The Morgan fingerprint density at radius 2 is 1.96 bits per heavy atom. The van der Waals surface area contributed by atoms with Gasteiger partial charge in [0.2, 0.25) is 5.88 Å². The van der Waals surface area contributed by atoms with Crippen molar-refractivity contribution in [2.75, 3.05) is 51.4 Å². The molecule has 18 heteroatoms. The SMILES string of the molecule is COc1ccc(CN2C3CC2CN(c2cnc(-c4cc(OC[C@@H]5CNCCO5)cn5nc(F)c(C#N)c45)cn2)C3)cn1.O=C(O)C(F)(F)F. The molecule has 4 fully saturated rings. The van der Waals surface area contributed by atoms with Gasteiger partial charge in [-0.05, 0) is 18.1 Å². The minimum Gasteiger partial charge on any atom is -0.489 e. The van der Waals surface area contributed by atoms with Crippen molar-refractivity contribution < 1.29 is 41.7 Å². The van der Waals surface area contributed by atoms with E-state index in [4.69, 9.17) is 34.1 Å². The first-order valence-corrected chi connectivity index (χ1v) is 15.2. The number of hydrogen-bond donors (Lipinski definition) is 2. The lowest BCUT2D eigenvalue weighted by Crippen LogP contribution is -2.68. The van der Waals surface area contributed by atoms with Crippen molar-refractivity contribution in [2.24, 2.45) is 0 Å². The van der Waals surface area contributed by atoms with Crippen molar-refractivity contribution in [2.45, 2.75) is 37.3 Å². The number of nitriles is 1. The molecule has 8 rings (SSSR count). The number of aromatic nitrogens is 5. The molecule has 2 N–H and O–H groups in total. The van der Waals surface area contributed by atoms with Crippen LogP contribution in [0.2, 0.25) is 0 Å². The summed E-state index contributed by atoms with van der Waals surface area (Å²) in [5.41, 5.74) is 2.35. The molecular weight excluding hydrogens is 654 g/mol. The van der Waals surface area contributed by atoms with Crippen LogP contribution in [0.1, 0.15) is 17.5 Å². The molecule has 0 aromatic carbocycles. The zero-order valence-electron chi connectivity index (χ0n) is 26.1. The number of nitrogens with zero attached hydrogens (tertiary/aromatic N) is 8. The average Bonchev–Trinajstić information content (AvgIpc) is 3.44. The number of fused-ring (bicyclic) bond motifs is 3. The van der Waals surface area contributed by atoms with E-state index in [-0.39, 0.29) is 11.7 Å². The molecule has 4 saturated heterocycles. The number of piperidine rings is 1. The van der Waals surface area contributed by atoms with Gasteiger partial charge in [0.15, 0.2) is 0 Å². The highest BCUT2D eigenvalue weighted by Gasteiger charge is 2.44. The number of aliphatic carboxylic acids is 1. The molecule has 4 aliphatic rings. The lowest BCUT2D eigenvalue weighted by molar-refractivity contribution is -0.192. The number of methoxy groups -OCH3 is 1. The number of halogens is 4. The number of alkyl halides is 3. The van der Waals surface area contributed by atoms with Crippen molar-refractivity contribution in [3.05, 3.63) is 60.1 Å². The number of piperazine rings is 1. The fourth-order valence-electron chi connectivity index (χ4n) is 6.01. The average molecular weight is 686 g/mol. The Hall–Kier alpha value is -5.12. The van der Waals surface area contributed by atoms with E-state index in [0.29, 0.717) is 60.2 Å². The van der Waals surface area contributed by atoms with E-state index >= 15 is 0 Å². The number of morpholine rings is 1. The molecule has 49 heavy (non-hydrogen) atoms. The molecule has 14 nitrogen and oxygen atoms in total. The molecule has 2 bridgehead atoms. The second kappa shape index (κ2) is 14.2. The van der Waals surface area contributed by atoms with E-state index in [9.17, 15) is 22.8 Å². The molecule has 4 aliphatic heterocycles. The second-order valence-corrected chi connectivity index (χ2v) is 11.6. The lowest BCUT2D eigenvalue weighted by atomic mass is 9.87.